The summed E-state index contributed by atoms with van der Waals surface area (Å²) >= 11 is 0. The van der Waals surface area contributed by atoms with Gasteiger partial charge in [-0.25, -0.2) is 5.43 Å². The van der Waals surface area contributed by atoms with Gasteiger partial charge >= 0.3 is 0 Å². The first kappa shape index (κ1) is 22.0. The van der Waals surface area contributed by atoms with Gasteiger partial charge in [-0.1, -0.05) is 59.7 Å². The van der Waals surface area contributed by atoms with Crippen LogP contribution in [0.5, 0.6) is 5.75 Å². The molecule has 6 nitrogen and oxygen atoms in total. The topological polar surface area (TPSA) is 79.4 Å². The molecule has 0 atom stereocenters. The summed E-state index contributed by atoms with van der Waals surface area (Å²) in [5.74, 6) is 0.423. The van der Waals surface area contributed by atoms with Crippen LogP contribution in [0.2, 0.25) is 0 Å². The van der Waals surface area contributed by atoms with Gasteiger partial charge in [0.05, 0.1) is 11.4 Å². The second-order valence-corrected chi connectivity index (χ2v) is 7.97. The van der Waals surface area contributed by atoms with Crippen LogP contribution in [0.15, 0.2) is 84.0 Å². The standard InChI is InChI=1S/C27H26N4O2/c1-18-4-8-21(9-5-18)17-33-24-14-12-23(13-15-24)25-16-26(30-29-25)27(32)31-28-20(3)22-10-6-19(2)7-11-22/h4-16H,17H2,1-3H3,(H,29,30)(H,31,32)/b28-20+. The number of hydrogen-bond donors (Lipinski definition) is 2. The number of carbonyl (C=O) groups excluding carboxylic acids is 1. The minimum atomic E-state index is -0.349. The SMILES string of the molecule is C/C(=N\NC(=O)c1cc(-c2ccc(OCc3ccc(C)cc3)cc2)n[nH]1)c1ccc(C)cc1. The second kappa shape index (κ2) is 9.96. The van der Waals surface area contributed by atoms with Crippen molar-refractivity contribution in [1.82, 2.24) is 15.6 Å². The van der Waals surface area contributed by atoms with E-state index in [9.17, 15) is 4.79 Å². The highest BCUT2D eigenvalue weighted by Crippen LogP contribution is 2.22. The van der Waals surface area contributed by atoms with Gasteiger partial charge in [0.15, 0.2) is 0 Å². The van der Waals surface area contributed by atoms with E-state index < -0.39 is 0 Å². The van der Waals surface area contributed by atoms with Gasteiger partial charge < -0.3 is 4.74 Å². The van der Waals surface area contributed by atoms with Crippen molar-refractivity contribution in [1.29, 1.82) is 0 Å². The van der Waals surface area contributed by atoms with Crippen molar-refractivity contribution in [2.75, 3.05) is 0 Å². The van der Waals surface area contributed by atoms with E-state index in [2.05, 4.69) is 51.9 Å². The number of ether oxygens (including phenoxy) is 1. The number of aromatic nitrogens is 2. The van der Waals surface area contributed by atoms with Crippen molar-refractivity contribution < 1.29 is 9.53 Å². The minimum Gasteiger partial charge on any atom is -0.489 e. The van der Waals surface area contributed by atoms with Gasteiger partial charge in [0, 0.05) is 5.56 Å². The molecule has 1 heterocycles. The molecule has 166 valence electrons. The van der Waals surface area contributed by atoms with Crippen molar-refractivity contribution in [3.63, 3.8) is 0 Å². The third-order valence-electron chi connectivity index (χ3n) is 5.29. The van der Waals surface area contributed by atoms with E-state index in [-0.39, 0.29) is 5.91 Å². The predicted molar refractivity (Wildman–Crippen MR) is 130 cm³/mol. The summed E-state index contributed by atoms with van der Waals surface area (Å²) in [5.41, 5.74) is 9.67. The van der Waals surface area contributed by atoms with Crippen LogP contribution in [0.4, 0.5) is 0 Å². The summed E-state index contributed by atoms with van der Waals surface area (Å²) < 4.78 is 5.86. The largest absolute Gasteiger partial charge is 0.489 e. The van der Waals surface area contributed by atoms with Gasteiger partial charge in [-0.15, -0.1) is 0 Å². The molecule has 4 rings (SSSR count). The third-order valence-corrected chi connectivity index (χ3v) is 5.29. The number of aromatic amines is 1. The number of nitrogens with zero attached hydrogens (tertiary/aromatic N) is 2. The van der Waals surface area contributed by atoms with E-state index in [0.29, 0.717) is 18.0 Å². The molecule has 0 saturated carbocycles. The van der Waals surface area contributed by atoms with E-state index in [1.807, 2.05) is 62.4 Å². The molecular formula is C27H26N4O2. The molecule has 0 aliphatic carbocycles. The van der Waals surface area contributed by atoms with Crippen molar-refractivity contribution in [2.45, 2.75) is 27.4 Å². The number of carbonyl (C=O) groups is 1. The number of nitrogens with one attached hydrogen (secondary N) is 2. The lowest BCUT2D eigenvalue weighted by Gasteiger charge is -2.07. The van der Waals surface area contributed by atoms with Crippen LogP contribution in [0.1, 0.15) is 39.7 Å². The summed E-state index contributed by atoms with van der Waals surface area (Å²) in [4.78, 5) is 12.5. The molecule has 3 aromatic carbocycles. The molecule has 4 aromatic rings. The summed E-state index contributed by atoms with van der Waals surface area (Å²) in [5, 5.41) is 11.2. The van der Waals surface area contributed by atoms with Crippen molar-refractivity contribution in [3.8, 4) is 17.0 Å². The molecule has 2 N–H and O–H groups in total. The van der Waals surface area contributed by atoms with E-state index in [4.69, 9.17) is 4.74 Å². The van der Waals surface area contributed by atoms with Gasteiger partial charge in [-0.05, 0) is 62.2 Å². The zero-order valence-corrected chi connectivity index (χ0v) is 18.9. The molecule has 1 aromatic heterocycles. The van der Waals surface area contributed by atoms with Crippen molar-refractivity contribution in [3.05, 3.63) is 107 Å². The van der Waals surface area contributed by atoms with E-state index in [1.165, 1.54) is 11.1 Å². The summed E-state index contributed by atoms with van der Waals surface area (Å²) in [6.45, 7) is 6.45. The smallest absolute Gasteiger partial charge is 0.289 e. The molecule has 0 aliphatic heterocycles. The zero-order chi connectivity index (χ0) is 23.2. The molecule has 0 aliphatic rings. The lowest BCUT2D eigenvalue weighted by atomic mass is 10.1. The van der Waals surface area contributed by atoms with E-state index in [1.54, 1.807) is 6.07 Å². The van der Waals surface area contributed by atoms with Crippen LogP contribution in [0.25, 0.3) is 11.3 Å². The molecule has 0 spiro atoms. The maximum atomic E-state index is 12.5. The Labute approximate surface area is 193 Å². The Bertz CT molecular complexity index is 1250. The Kier molecular flexibility index (Phi) is 6.64. The second-order valence-electron chi connectivity index (χ2n) is 7.97. The normalized spacial score (nSPS) is 11.3. The molecule has 0 fully saturated rings. The number of hydrazone groups is 1. The number of benzene rings is 3. The number of aryl methyl sites for hydroxylation is 2. The van der Waals surface area contributed by atoms with Gasteiger partial charge in [-0.3, -0.25) is 9.89 Å². The highest BCUT2D eigenvalue weighted by atomic mass is 16.5. The number of H-pyrrole nitrogens is 1. The maximum absolute atomic E-state index is 12.5. The molecule has 1 amide bonds. The Hall–Kier alpha value is -4.19. The quantitative estimate of drug-likeness (QED) is 0.298. The first-order valence-electron chi connectivity index (χ1n) is 10.7. The molecule has 0 unspecified atom stereocenters. The first-order valence-corrected chi connectivity index (χ1v) is 10.7. The Morgan fingerprint density at radius 3 is 2.24 bits per heavy atom. The van der Waals surface area contributed by atoms with Crippen LogP contribution in [-0.4, -0.2) is 21.8 Å². The van der Waals surface area contributed by atoms with Crippen LogP contribution >= 0.6 is 0 Å². The average Bonchev–Trinajstić information content (AvgIpc) is 3.33. The van der Waals surface area contributed by atoms with Gasteiger partial charge in [0.2, 0.25) is 0 Å². The molecular weight excluding hydrogens is 412 g/mol. The van der Waals surface area contributed by atoms with Gasteiger partial charge in [0.25, 0.3) is 5.91 Å². The van der Waals surface area contributed by atoms with Crippen LogP contribution in [0.3, 0.4) is 0 Å². The summed E-state index contributed by atoms with van der Waals surface area (Å²) in [6, 6.07) is 25.6. The van der Waals surface area contributed by atoms with Crippen molar-refractivity contribution in [2.24, 2.45) is 5.10 Å². The van der Waals surface area contributed by atoms with E-state index in [0.717, 1.165) is 28.2 Å². The number of amides is 1. The monoisotopic (exact) mass is 438 g/mol. The molecule has 6 heteroatoms. The van der Waals surface area contributed by atoms with Gasteiger partial charge in [-0.2, -0.15) is 10.2 Å². The molecule has 0 radical (unpaired) electrons. The van der Waals surface area contributed by atoms with E-state index >= 15 is 0 Å². The Balaban J connectivity index is 1.36. The minimum absolute atomic E-state index is 0.338. The summed E-state index contributed by atoms with van der Waals surface area (Å²) in [7, 11) is 0. The zero-order valence-electron chi connectivity index (χ0n) is 18.9. The highest BCUT2D eigenvalue weighted by molar-refractivity contribution is 6.00. The Morgan fingerprint density at radius 2 is 1.58 bits per heavy atom. The van der Waals surface area contributed by atoms with Crippen LogP contribution < -0.4 is 10.2 Å². The highest BCUT2D eigenvalue weighted by Gasteiger charge is 2.11. The predicted octanol–water partition coefficient (Wildman–Crippen LogP) is 5.43. The number of rotatable bonds is 7. The lowest BCUT2D eigenvalue weighted by molar-refractivity contribution is 0.0950. The summed E-state index contributed by atoms with van der Waals surface area (Å²) in [6.07, 6.45) is 0. The lowest BCUT2D eigenvalue weighted by Crippen LogP contribution is -2.19. The fraction of sp³-hybridized carbons (Fsp3) is 0.148. The Morgan fingerprint density at radius 1 is 0.939 bits per heavy atom. The molecule has 33 heavy (non-hydrogen) atoms. The van der Waals surface area contributed by atoms with Crippen LogP contribution in [-0.2, 0) is 6.61 Å². The average molecular weight is 439 g/mol. The van der Waals surface area contributed by atoms with Crippen LogP contribution in [0, 0.1) is 13.8 Å². The molecule has 0 saturated heterocycles. The third kappa shape index (κ3) is 5.74. The molecule has 0 bridgehead atoms. The fourth-order valence-electron chi connectivity index (χ4n) is 3.21. The van der Waals surface area contributed by atoms with Crippen molar-refractivity contribution >= 4 is 11.6 Å². The maximum Gasteiger partial charge on any atom is 0.289 e. The fourth-order valence-corrected chi connectivity index (χ4v) is 3.21. The first-order chi connectivity index (χ1) is 16.0. The number of hydrogen-bond acceptors (Lipinski definition) is 4. The van der Waals surface area contributed by atoms with Gasteiger partial charge in [0.1, 0.15) is 18.1 Å².